The number of allylic oxidation sites excluding steroid dienone is 2. The summed E-state index contributed by atoms with van der Waals surface area (Å²) in [5.41, 5.74) is 1.44. The highest BCUT2D eigenvalue weighted by molar-refractivity contribution is 6.49. The number of hydrogen-bond donors (Lipinski definition) is 0. The zero-order chi connectivity index (χ0) is 5.98. The van der Waals surface area contributed by atoms with Crippen LogP contribution >= 0.6 is 0 Å². The third-order valence-corrected chi connectivity index (χ3v) is 1.36. The third kappa shape index (κ3) is 1.03. The molecule has 0 aromatic carbocycles. The molecule has 8 heavy (non-hydrogen) atoms. The first-order chi connectivity index (χ1) is 3.80. The molecule has 0 N–H and O–H groups in total. The van der Waals surface area contributed by atoms with Crippen molar-refractivity contribution in [3.63, 3.8) is 0 Å². The Kier molecular flexibility index (Phi) is 1.57. The number of hydrogen-bond acceptors (Lipinski definition) is 0. The van der Waals surface area contributed by atoms with Gasteiger partial charge in [-0.3, -0.25) is 0 Å². The fourth-order valence-corrected chi connectivity index (χ4v) is 0.774. The third-order valence-electron chi connectivity index (χ3n) is 1.36. The van der Waals surface area contributed by atoms with E-state index in [0.29, 0.717) is 5.92 Å². The Hall–Kier alpha value is -0.455. The summed E-state index contributed by atoms with van der Waals surface area (Å²) in [6, 6.07) is 0. The van der Waals surface area contributed by atoms with Gasteiger partial charge in [-0.1, -0.05) is 25.5 Å². The second kappa shape index (κ2) is 2.21. The van der Waals surface area contributed by atoms with Crippen molar-refractivity contribution in [1.29, 1.82) is 0 Å². The smallest absolute Gasteiger partial charge is 0.117 e. The van der Waals surface area contributed by atoms with Crippen LogP contribution in [0.2, 0.25) is 0 Å². The quantitative estimate of drug-likeness (QED) is 0.445. The molecular formula is C7H10B. The maximum Gasteiger partial charge on any atom is 0.171 e. The van der Waals surface area contributed by atoms with Crippen molar-refractivity contribution < 1.29 is 0 Å². The molecule has 1 rings (SSSR count). The molecule has 0 spiro atoms. The first kappa shape index (κ1) is 5.68. The first-order valence-electron chi connectivity index (χ1n) is 3.02. The van der Waals surface area contributed by atoms with Crippen molar-refractivity contribution in [3.05, 3.63) is 23.6 Å². The summed E-state index contributed by atoms with van der Waals surface area (Å²) in [5.74, 6) is 4.92. The fraction of sp³-hybridized carbons (Fsp3) is 0.429. The molecule has 1 heterocycles. The normalized spacial score (nSPS) is 16.6. The van der Waals surface area contributed by atoms with Crippen LogP contribution in [0.4, 0.5) is 0 Å². The molecule has 1 aliphatic rings. The molecule has 0 fully saturated rings. The maximum absolute atomic E-state index is 2.20. The van der Waals surface area contributed by atoms with Crippen molar-refractivity contribution in [1.82, 2.24) is 0 Å². The van der Waals surface area contributed by atoms with E-state index in [1.54, 1.807) is 0 Å². The maximum atomic E-state index is 2.20. The summed E-state index contributed by atoms with van der Waals surface area (Å²) in [4.78, 5) is 0. The van der Waals surface area contributed by atoms with Crippen LogP contribution in [0.25, 0.3) is 0 Å². The summed E-state index contributed by atoms with van der Waals surface area (Å²) < 4.78 is 0. The lowest BCUT2D eigenvalue weighted by Crippen LogP contribution is -1.86. The van der Waals surface area contributed by atoms with Gasteiger partial charge in [0.2, 0.25) is 0 Å². The predicted molar refractivity (Wildman–Crippen MR) is 37.8 cm³/mol. The van der Waals surface area contributed by atoms with E-state index in [2.05, 4.69) is 39.2 Å². The SMILES string of the molecule is CC(C)C1=C[B]C=C1. The topological polar surface area (TPSA) is 0 Å². The summed E-state index contributed by atoms with van der Waals surface area (Å²) in [6.45, 7) is 4.41. The van der Waals surface area contributed by atoms with Gasteiger partial charge in [0, 0.05) is 0 Å². The minimum Gasteiger partial charge on any atom is -0.117 e. The van der Waals surface area contributed by atoms with Crippen molar-refractivity contribution in [2.75, 3.05) is 0 Å². The van der Waals surface area contributed by atoms with E-state index in [-0.39, 0.29) is 0 Å². The van der Waals surface area contributed by atoms with E-state index in [0.717, 1.165) is 0 Å². The van der Waals surface area contributed by atoms with Crippen LogP contribution in [-0.2, 0) is 0 Å². The molecule has 0 nitrogen and oxygen atoms in total. The molecular weight excluding hydrogens is 94.9 g/mol. The van der Waals surface area contributed by atoms with Gasteiger partial charge in [0.1, 0.15) is 0 Å². The summed E-state index contributed by atoms with van der Waals surface area (Å²) in [6.07, 6.45) is 2.16. The highest BCUT2D eigenvalue weighted by atomic mass is 14.0. The van der Waals surface area contributed by atoms with Gasteiger partial charge in [0.25, 0.3) is 0 Å². The largest absolute Gasteiger partial charge is 0.171 e. The van der Waals surface area contributed by atoms with Crippen LogP contribution in [0.15, 0.2) is 23.6 Å². The van der Waals surface area contributed by atoms with Gasteiger partial charge in [-0.05, 0) is 5.92 Å². The van der Waals surface area contributed by atoms with Crippen LogP contribution < -0.4 is 0 Å². The highest BCUT2D eigenvalue weighted by Gasteiger charge is 2.00. The van der Waals surface area contributed by atoms with Gasteiger partial charge >= 0.3 is 0 Å². The van der Waals surface area contributed by atoms with E-state index in [1.807, 2.05) is 0 Å². The molecule has 0 unspecified atom stereocenters. The first-order valence-corrected chi connectivity index (χ1v) is 3.02. The van der Waals surface area contributed by atoms with Crippen LogP contribution in [0.3, 0.4) is 0 Å². The van der Waals surface area contributed by atoms with Crippen LogP contribution in [-0.4, -0.2) is 7.28 Å². The Bertz CT molecular complexity index is 131. The molecule has 0 aromatic heterocycles. The molecule has 41 valence electrons. The Labute approximate surface area is 51.5 Å². The molecule has 1 aliphatic heterocycles. The molecule has 0 atom stereocenters. The molecule has 0 saturated heterocycles. The Morgan fingerprint density at radius 1 is 1.50 bits per heavy atom. The molecule has 1 radical (unpaired) electrons. The standard InChI is InChI=1S/C7H10B/c1-6(2)7-3-4-8-5-7/h3-6H,1-2H3. The average molecular weight is 105 g/mol. The predicted octanol–water partition coefficient (Wildman–Crippen LogP) is 1.76. The molecule has 0 aliphatic carbocycles. The van der Waals surface area contributed by atoms with E-state index in [1.165, 1.54) is 5.57 Å². The van der Waals surface area contributed by atoms with Crippen molar-refractivity contribution >= 4 is 7.28 Å². The van der Waals surface area contributed by atoms with Crippen molar-refractivity contribution in [2.45, 2.75) is 13.8 Å². The monoisotopic (exact) mass is 105 g/mol. The van der Waals surface area contributed by atoms with Crippen LogP contribution in [0.5, 0.6) is 0 Å². The molecule has 1 heteroatoms. The Morgan fingerprint density at radius 2 is 2.25 bits per heavy atom. The lowest BCUT2D eigenvalue weighted by Gasteiger charge is -2.00. The minimum absolute atomic E-state index is 0.685. The molecule has 0 amide bonds. The van der Waals surface area contributed by atoms with Crippen molar-refractivity contribution in [2.24, 2.45) is 5.92 Å². The zero-order valence-electron chi connectivity index (χ0n) is 5.39. The summed E-state index contributed by atoms with van der Waals surface area (Å²) >= 11 is 0. The number of rotatable bonds is 1. The van der Waals surface area contributed by atoms with E-state index >= 15 is 0 Å². The van der Waals surface area contributed by atoms with Gasteiger partial charge in [-0.15, -0.1) is 12.0 Å². The molecule has 0 saturated carbocycles. The van der Waals surface area contributed by atoms with Crippen molar-refractivity contribution in [3.8, 4) is 0 Å². The van der Waals surface area contributed by atoms with E-state index in [9.17, 15) is 0 Å². The van der Waals surface area contributed by atoms with Gasteiger partial charge in [-0.25, -0.2) is 0 Å². The lowest BCUT2D eigenvalue weighted by atomic mass is 9.81. The zero-order valence-corrected chi connectivity index (χ0v) is 5.39. The molecule has 0 bridgehead atoms. The molecule has 0 aromatic rings. The van der Waals surface area contributed by atoms with Gasteiger partial charge < -0.3 is 0 Å². The summed E-state index contributed by atoms with van der Waals surface area (Å²) in [5, 5.41) is 0. The minimum atomic E-state index is 0.685. The van der Waals surface area contributed by atoms with E-state index in [4.69, 9.17) is 0 Å². The lowest BCUT2D eigenvalue weighted by molar-refractivity contribution is 0.795. The second-order valence-electron chi connectivity index (χ2n) is 2.37. The Balaban J connectivity index is 2.58. The van der Waals surface area contributed by atoms with E-state index < -0.39 is 0 Å². The van der Waals surface area contributed by atoms with Crippen LogP contribution in [0, 0.1) is 5.92 Å². The van der Waals surface area contributed by atoms with Gasteiger partial charge in [-0.2, -0.15) is 0 Å². The average Bonchev–Trinajstić information content (AvgIpc) is 2.12. The van der Waals surface area contributed by atoms with Crippen LogP contribution in [0.1, 0.15) is 13.8 Å². The van der Waals surface area contributed by atoms with Gasteiger partial charge in [0.15, 0.2) is 7.28 Å². The Morgan fingerprint density at radius 3 is 2.50 bits per heavy atom. The fourth-order valence-electron chi connectivity index (χ4n) is 0.774. The highest BCUT2D eigenvalue weighted by Crippen LogP contribution is 2.13. The summed E-state index contributed by atoms with van der Waals surface area (Å²) in [7, 11) is 2.08. The van der Waals surface area contributed by atoms with Gasteiger partial charge in [0.05, 0.1) is 0 Å². The second-order valence-corrected chi connectivity index (χ2v) is 2.37.